The Morgan fingerprint density at radius 1 is 1.14 bits per heavy atom. The minimum Gasteiger partial charge on any atom is -0.393 e. The van der Waals surface area contributed by atoms with Gasteiger partial charge in [-0.15, -0.1) is 0 Å². The Labute approximate surface area is 135 Å². The average molecular weight is 309 g/mol. The molecule has 0 spiro atoms. The summed E-state index contributed by atoms with van der Waals surface area (Å²) >= 11 is 5.14. The van der Waals surface area contributed by atoms with Crippen LogP contribution >= 0.6 is 12.2 Å². The zero-order chi connectivity index (χ0) is 15.9. The first kappa shape index (κ1) is 14.7. The Balaban J connectivity index is 2.30. The van der Waals surface area contributed by atoms with Gasteiger partial charge in [0.2, 0.25) is 0 Å². The first-order valence-corrected chi connectivity index (χ1v) is 7.70. The summed E-state index contributed by atoms with van der Waals surface area (Å²) in [7, 11) is 0. The second kappa shape index (κ2) is 5.54. The van der Waals surface area contributed by atoms with Gasteiger partial charge in [0.05, 0.1) is 16.4 Å². The highest BCUT2D eigenvalue weighted by Gasteiger charge is 2.16. The van der Waals surface area contributed by atoms with E-state index >= 15 is 0 Å². The number of aromatic nitrogens is 2. The van der Waals surface area contributed by atoms with Crippen LogP contribution in [0.2, 0.25) is 0 Å². The molecule has 22 heavy (non-hydrogen) atoms. The van der Waals surface area contributed by atoms with Crippen molar-refractivity contribution in [1.82, 2.24) is 9.38 Å². The van der Waals surface area contributed by atoms with Gasteiger partial charge in [-0.1, -0.05) is 42.0 Å². The summed E-state index contributed by atoms with van der Waals surface area (Å²) in [6, 6.07) is 10.5. The van der Waals surface area contributed by atoms with E-state index in [-0.39, 0.29) is 0 Å². The maximum absolute atomic E-state index is 5.81. The van der Waals surface area contributed by atoms with Gasteiger partial charge in [0, 0.05) is 18.2 Å². The van der Waals surface area contributed by atoms with E-state index in [9.17, 15) is 0 Å². The minimum absolute atomic E-state index is 0.481. The van der Waals surface area contributed by atoms with Crippen molar-refractivity contribution in [3.63, 3.8) is 0 Å². The molecule has 1 aromatic carbocycles. The summed E-state index contributed by atoms with van der Waals surface area (Å²) in [4.78, 5) is 5.30. The van der Waals surface area contributed by atoms with Crippen LogP contribution in [-0.2, 0) is 6.42 Å². The lowest BCUT2D eigenvalue weighted by molar-refractivity contribution is 1.06. The summed E-state index contributed by atoms with van der Waals surface area (Å²) in [5.41, 5.74) is 13.5. The fraction of sp³-hybridized carbons (Fsp3) is 0.222. The number of hydrogen-bond donors (Lipinski definition) is 1. The van der Waals surface area contributed by atoms with Crippen molar-refractivity contribution < 1.29 is 0 Å². The van der Waals surface area contributed by atoms with Crippen LogP contribution in [0.1, 0.15) is 22.4 Å². The number of aryl methyl sites for hydroxylation is 3. The molecule has 0 fully saturated rings. The Kier molecular flexibility index (Phi) is 3.71. The highest BCUT2D eigenvalue weighted by atomic mass is 32.1. The van der Waals surface area contributed by atoms with Crippen LogP contribution in [0.4, 0.5) is 0 Å². The van der Waals surface area contributed by atoms with E-state index < -0.39 is 0 Å². The standard InChI is InChI=1S/C18H19N3S/c1-11-4-6-14(13(3)8-11)18-15(9-16(19)22)21-10-12(2)5-7-17(21)20-18/h4-8,10H,9H2,1-3H3,(H2,19,22). The maximum atomic E-state index is 5.81. The van der Waals surface area contributed by atoms with Gasteiger partial charge in [0.1, 0.15) is 5.65 Å². The SMILES string of the molecule is Cc1ccc(-c2nc3ccc(C)cn3c2CC(N)=S)c(C)c1. The van der Waals surface area contributed by atoms with Crippen LogP contribution in [0, 0.1) is 20.8 Å². The molecule has 2 heterocycles. The Bertz CT molecular complexity index is 877. The number of benzene rings is 1. The molecular weight excluding hydrogens is 290 g/mol. The van der Waals surface area contributed by atoms with Crippen LogP contribution in [-0.4, -0.2) is 14.4 Å². The number of thiocarbonyl (C=S) groups is 1. The molecule has 2 N–H and O–H groups in total. The highest BCUT2D eigenvalue weighted by molar-refractivity contribution is 7.80. The number of hydrogen-bond acceptors (Lipinski definition) is 2. The molecule has 3 rings (SSSR count). The Morgan fingerprint density at radius 3 is 2.55 bits per heavy atom. The number of imidazole rings is 1. The molecule has 0 saturated carbocycles. The molecule has 0 unspecified atom stereocenters. The normalized spacial score (nSPS) is 11.0. The van der Waals surface area contributed by atoms with Crippen molar-refractivity contribution >= 4 is 22.9 Å². The van der Waals surface area contributed by atoms with E-state index in [0.717, 1.165) is 22.6 Å². The van der Waals surface area contributed by atoms with Gasteiger partial charge in [-0.05, 0) is 38.0 Å². The second-order valence-electron chi connectivity index (χ2n) is 5.80. The molecule has 2 aromatic heterocycles. The van der Waals surface area contributed by atoms with E-state index in [2.05, 4.69) is 55.6 Å². The summed E-state index contributed by atoms with van der Waals surface area (Å²) < 4.78 is 2.10. The van der Waals surface area contributed by atoms with Crippen LogP contribution in [0.5, 0.6) is 0 Å². The van der Waals surface area contributed by atoms with Gasteiger partial charge in [0.15, 0.2) is 0 Å². The summed E-state index contributed by atoms with van der Waals surface area (Å²) in [5.74, 6) is 0. The molecule has 4 heteroatoms. The average Bonchev–Trinajstić information content (AvgIpc) is 2.76. The van der Waals surface area contributed by atoms with E-state index in [0.29, 0.717) is 11.4 Å². The largest absolute Gasteiger partial charge is 0.393 e. The first-order chi connectivity index (χ1) is 10.5. The molecule has 0 aliphatic heterocycles. The van der Waals surface area contributed by atoms with Gasteiger partial charge in [-0.2, -0.15) is 0 Å². The third kappa shape index (κ3) is 2.62. The van der Waals surface area contributed by atoms with Crippen molar-refractivity contribution in [3.8, 4) is 11.3 Å². The molecular formula is C18H19N3S. The Morgan fingerprint density at radius 2 is 1.86 bits per heavy atom. The smallest absolute Gasteiger partial charge is 0.137 e. The number of fused-ring (bicyclic) bond motifs is 1. The zero-order valence-electron chi connectivity index (χ0n) is 13.1. The lowest BCUT2D eigenvalue weighted by Gasteiger charge is -2.08. The number of nitrogens with zero attached hydrogens (tertiary/aromatic N) is 2. The fourth-order valence-corrected chi connectivity index (χ4v) is 2.97. The van der Waals surface area contributed by atoms with Gasteiger partial charge in [-0.3, -0.25) is 0 Å². The third-order valence-electron chi connectivity index (χ3n) is 3.84. The number of pyridine rings is 1. The Hall–Kier alpha value is -2.20. The van der Waals surface area contributed by atoms with Crippen LogP contribution in [0.15, 0.2) is 36.5 Å². The van der Waals surface area contributed by atoms with Crippen molar-refractivity contribution in [2.45, 2.75) is 27.2 Å². The minimum atomic E-state index is 0.481. The molecule has 0 aliphatic rings. The molecule has 0 bridgehead atoms. The van der Waals surface area contributed by atoms with E-state index in [1.165, 1.54) is 16.7 Å². The van der Waals surface area contributed by atoms with Crippen molar-refractivity contribution in [2.75, 3.05) is 0 Å². The number of rotatable bonds is 3. The third-order valence-corrected chi connectivity index (χ3v) is 3.99. The van der Waals surface area contributed by atoms with Crippen molar-refractivity contribution in [1.29, 1.82) is 0 Å². The molecule has 0 amide bonds. The molecule has 0 aliphatic carbocycles. The monoisotopic (exact) mass is 309 g/mol. The zero-order valence-corrected chi connectivity index (χ0v) is 13.9. The van der Waals surface area contributed by atoms with Gasteiger partial charge in [-0.25, -0.2) is 4.98 Å². The molecule has 3 nitrogen and oxygen atoms in total. The van der Waals surface area contributed by atoms with Gasteiger partial charge in [0.25, 0.3) is 0 Å². The summed E-state index contributed by atoms with van der Waals surface area (Å²) in [5, 5.41) is 0. The predicted molar refractivity (Wildman–Crippen MR) is 95.3 cm³/mol. The maximum Gasteiger partial charge on any atom is 0.137 e. The molecule has 0 saturated heterocycles. The van der Waals surface area contributed by atoms with Gasteiger partial charge >= 0.3 is 0 Å². The lowest BCUT2D eigenvalue weighted by Crippen LogP contribution is -2.13. The summed E-state index contributed by atoms with van der Waals surface area (Å²) in [6.07, 6.45) is 2.63. The quantitative estimate of drug-likeness (QED) is 0.749. The van der Waals surface area contributed by atoms with E-state index in [1.54, 1.807) is 0 Å². The molecule has 3 aromatic rings. The van der Waals surface area contributed by atoms with Gasteiger partial charge < -0.3 is 10.1 Å². The topological polar surface area (TPSA) is 43.3 Å². The van der Waals surface area contributed by atoms with E-state index in [4.69, 9.17) is 22.9 Å². The molecule has 112 valence electrons. The van der Waals surface area contributed by atoms with Crippen molar-refractivity contribution in [2.24, 2.45) is 5.73 Å². The van der Waals surface area contributed by atoms with Crippen molar-refractivity contribution in [3.05, 3.63) is 58.9 Å². The van der Waals surface area contributed by atoms with E-state index in [1.807, 2.05) is 6.07 Å². The van der Waals surface area contributed by atoms with Crippen LogP contribution in [0.25, 0.3) is 16.9 Å². The first-order valence-electron chi connectivity index (χ1n) is 7.29. The van der Waals surface area contributed by atoms with Crippen LogP contribution < -0.4 is 5.73 Å². The highest BCUT2D eigenvalue weighted by Crippen LogP contribution is 2.28. The van der Waals surface area contributed by atoms with Crippen LogP contribution in [0.3, 0.4) is 0 Å². The number of nitrogens with two attached hydrogens (primary N) is 1. The molecule has 0 atom stereocenters. The molecule has 0 radical (unpaired) electrons. The fourth-order valence-electron chi connectivity index (χ4n) is 2.83. The summed E-state index contributed by atoms with van der Waals surface area (Å²) in [6.45, 7) is 6.28. The predicted octanol–water partition coefficient (Wildman–Crippen LogP) is 3.76. The lowest BCUT2D eigenvalue weighted by atomic mass is 10.0. The second-order valence-corrected chi connectivity index (χ2v) is 6.33.